The number of aliphatic hydroxyl groups excluding tert-OH is 1. The van der Waals surface area contributed by atoms with Gasteiger partial charge in [0.25, 0.3) is 0 Å². The first-order valence-electron chi connectivity index (χ1n) is 6.04. The first-order chi connectivity index (χ1) is 7.55. The summed E-state index contributed by atoms with van der Waals surface area (Å²) in [5.74, 6) is -0.0400. The summed E-state index contributed by atoms with van der Waals surface area (Å²) < 4.78 is 11.4. The Balaban J connectivity index is 4.65. The molecule has 0 saturated carbocycles. The van der Waals surface area contributed by atoms with Gasteiger partial charge >= 0.3 is 7.60 Å². The van der Waals surface area contributed by atoms with Gasteiger partial charge in [-0.2, -0.15) is 0 Å². The van der Waals surface area contributed by atoms with E-state index in [-0.39, 0.29) is 17.9 Å². The van der Waals surface area contributed by atoms with Gasteiger partial charge < -0.3 is 20.6 Å². The van der Waals surface area contributed by atoms with Gasteiger partial charge in [0, 0.05) is 6.04 Å². The lowest BCUT2D eigenvalue weighted by atomic mass is 9.92. The van der Waals surface area contributed by atoms with Crippen LogP contribution in [0.25, 0.3) is 0 Å². The molecule has 0 rings (SSSR count). The van der Waals surface area contributed by atoms with Crippen LogP contribution in [0.5, 0.6) is 0 Å². The molecule has 0 aliphatic rings. The topological polar surface area (TPSA) is 104 Å². The highest BCUT2D eigenvalue weighted by atomic mass is 31.2. The Morgan fingerprint density at radius 1 is 1.12 bits per heavy atom. The van der Waals surface area contributed by atoms with Crippen molar-refractivity contribution in [3.05, 3.63) is 0 Å². The number of hydrogen-bond donors (Lipinski definition) is 4. The summed E-state index contributed by atoms with van der Waals surface area (Å²) >= 11 is 0. The molecule has 0 fully saturated rings. The van der Waals surface area contributed by atoms with Crippen LogP contribution < -0.4 is 5.73 Å². The molecule has 5 nitrogen and oxygen atoms in total. The smallest absolute Gasteiger partial charge is 0.328 e. The van der Waals surface area contributed by atoms with Crippen molar-refractivity contribution in [3.63, 3.8) is 0 Å². The molecule has 104 valence electrons. The van der Waals surface area contributed by atoms with Gasteiger partial charge in [-0.15, -0.1) is 0 Å². The summed E-state index contributed by atoms with van der Waals surface area (Å²) in [7, 11) is -4.12. The Bertz CT molecular complexity index is 264. The lowest BCUT2D eigenvalue weighted by Gasteiger charge is -2.28. The summed E-state index contributed by atoms with van der Waals surface area (Å²) in [5, 5.41) is 9.67. The van der Waals surface area contributed by atoms with Gasteiger partial charge in [-0.1, -0.05) is 20.8 Å². The van der Waals surface area contributed by atoms with Crippen LogP contribution in [0.4, 0.5) is 0 Å². The summed E-state index contributed by atoms with van der Waals surface area (Å²) in [6.07, 6.45) is 0.0586. The van der Waals surface area contributed by atoms with Crippen LogP contribution in [0.1, 0.15) is 40.5 Å². The Hall–Kier alpha value is 0.0700. The zero-order valence-corrected chi connectivity index (χ0v) is 12.0. The molecule has 0 saturated heterocycles. The van der Waals surface area contributed by atoms with Crippen LogP contribution in [-0.2, 0) is 4.57 Å². The quantitative estimate of drug-likeness (QED) is 0.521. The molecule has 0 heterocycles. The van der Waals surface area contributed by atoms with Crippen LogP contribution in [0.2, 0.25) is 0 Å². The zero-order chi connectivity index (χ0) is 13.8. The molecule has 0 aromatic carbocycles. The fraction of sp³-hybridized carbons (Fsp3) is 1.00. The second-order valence-corrected chi connectivity index (χ2v) is 7.27. The lowest BCUT2D eigenvalue weighted by Crippen LogP contribution is -2.35. The molecule has 0 spiro atoms. The Morgan fingerprint density at radius 3 is 1.88 bits per heavy atom. The van der Waals surface area contributed by atoms with Gasteiger partial charge in [0.15, 0.2) is 0 Å². The van der Waals surface area contributed by atoms with E-state index in [0.717, 1.165) is 0 Å². The third-order valence-electron chi connectivity index (χ3n) is 3.02. The maximum atomic E-state index is 11.4. The first kappa shape index (κ1) is 17.1. The minimum absolute atomic E-state index is 0.211. The van der Waals surface area contributed by atoms with E-state index >= 15 is 0 Å². The van der Waals surface area contributed by atoms with Crippen molar-refractivity contribution in [2.24, 2.45) is 17.6 Å². The van der Waals surface area contributed by atoms with E-state index < -0.39 is 19.4 Å². The van der Waals surface area contributed by atoms with Gasteiger partial charge in [0.05, 0.1) is 11.8 Å². The van der Waals surface area contributed by atoms with Gasteiger partial charge in [0.1, 0.15) is 0 Å². The highest BCUT2D eigenvalue weighted by molar-refractivity contribution is 7.52. The van der Waals surface area contributed by atoms with E-state index in [1.165, 1.54) is 0 Å². The minimum Gasteiger partial charge on any atom is -0.392 e. The van der Waals surface area contributed by atoms with E-state index in [9.17, 15) is 19.5 Å². The molecule has 5 N–H and O–H groups in total. The average Bonchev–Trinajstić information content (AvgIpc) is 2.11. The van der Waals surface area contributed by atoms with E-state index in [1.54, 1.807) is 13.8 Å². The van der Waals surface area contributed by atoms with Crippen molar-refractivity contribution in [2.45, 2.75) is 58.3 Å². The van der Waals surface area contributed by atoms with Crippen molar-refractivity contribution in [1.29, 1.82) is 0 Å². The highest BCUT2D eigenvalue weighted by Gasteiger charge is 2.35. The molecular formula is C11H26NO4P. The van der Waals surface area contributed by atoms with E-state index in [4.69, 9.17) is 5.73 Å². The predicted molar refractivity (Wildman–Crippen MR) is 68.7 cm³/mol. The second kappa shape index (κ2) is 6.86. The Morgan fingerprint density at radius 2 is 1.59 bits per heavy atom. The first-order valence-corrected chi connectivity index (χ1v) is 7.72. The third-order valence-corrected chi connectivity index (χ3v) is 4.61. The van der Waals surface area contributed by atoms with Gasteiger partial charge in [-0.05, 0) is 31.6 Å². The molecular weight excluding hydrogens is 241 g/mol. The molecule has 6 heteroatoms. The van der Waals surface area contributed by atoms with E-state index in [2.05, 4.69) is 0 Å². The van der Waals surface area contributed by atoms with Gasteiger partial charge in [-0.25, -0.2) is 0 Å². The van der Waals surface area contributed by atoms with Crippen molar-refractivity contribution >= 4 is 7.60 Å². The summed E-state index contributed by atoms with van der Waals surface area (Å²) in [6.45, 7) is 7.30. The summed E-state index contributed by atoms with van der Waals surface area (Å²) in [4.78, 5) is 18.7. The van der Waals surface area contributed by atoms with Crippen molar-refractivity contribution < 1.29 is 19.5 Å². The Labute approximate surface area is 104 Å². The fourth-order valence-electron chi connectivity index (χ4n) is 1.94. The molecule has 0 aromatic rings. The van der Waals surface area contributed by atoms with Crippen LogP contribution in [0.3, 0.4) is 0 Å². The third kappa shape index (κ3) is 6.53. The molecule has 0 bridgehead atoms. The molecule has 0 radical (unpaired) electrons. The standard InChI is InChI=1S/C11H26NO4P/c1-7(2)5-11(17(14,15)16)8(3)6-10(13)9(4)12/h7-11,13H,5-6,12H2,1-4H3,(H2,14,15,16). The van der Waals surface area contributed by atoms with E-state index in [0.29, 0.717) is 12.8 Å². The lowest BCUT2D eigenvalue weighted by molar-refractivity contribution is 0.119. The average molecular weight is 267 g/mol. The molecule has 0 aliphatic heterocycles. The van der Waals surface area contributed by atoms with Crippen LogP contribution >= 0.6 is 7.60 Å². The maximum absolute atomic E-state index is 11.4. The normalized spacial score (nSPS) is 20.1. The number of nitrogens with two attached hydrogens (primary N) is 1. The van der Waals surface area contributed by atoms with Crippen LogP contribution in [0.15, 0.2) is 0 Å². The van der Waals surface area contributed by atoms with Gasteiger partial charge in [0.2, 0.25) is 0 Å². The predicted octanol–water partition coefficient (Wildman–Crippen LogP) is 1.31. The van der Waals surface area contributed by atoms with Crippen molar-refractivity contribution in [3.8, 4) is 0 Å². The van der Waals surface area contributed by atoms with Crippen molar-refractivity contribution in [2.75, 3.05) is 0 Å². The Kier molecular flexibility index (Phi) is 6.89. The monoisotopic (exact) mass is 267 g/mol. The zero-order valence-electron chi connectivity index (χ0n) is 11.1. The van der Waals surface area contributed by atoms with E-state index in [1.807, 2.05) is 13.8 Å². The SMILES string of the molecule is CC(C)CC(C(C)CC(O)C(C)N)P(=O)(O)O. The summed E-state index contributed by atoms with van der Waals surface area (Å²) in [6, 6.07) is -0.381. The number of aliphatic hydroxyl groups is 1. The maximum Gasteiger partial charge on any atom is 0.328 e. The second-order valence-electron chi connectivity index (χ2n) is 5.43. The molecule has 0 amide bonds. The molecule has 0 aromatic heterocycles. The molecule has 17 heavy (non-hydrogen) atoms. The van der Waals surface area contributed by atoms with Crippen LogP contribution in [0, 0.1) is 11.8 Å². The van der Waals surface area contributed by atoms with Gasteiger partial charge in [-0.3, -0.25) is 4.57 Å². The highest BCUT2D eigenvalue weighted by Crippen LogP contribution is 2.48. The van der Waals surface area contributed by atoms with Crippen molar-refractivity contribution in [1.82, 2.24) is 0 Å². The van der Waals surface area contributed by atoms with Crippen LogP contribution in [-0.4, -0.2) is 32.7 Å². The number of hydrogen-bond acceptors (Lipinski definition) is 3. The summed E-state index contributed by atoms with van der Waals surface area (Å²) in [5.41, 5.74) is 4.85. The number of rotatable bonds is 7. The molecule has 4 atom stereocenters. The fourth-order valence-corrected chi connectivity index (χ4v) is 3.42. The molecule has 0 aliphatic carbocycles. The minimum atomic E-state index is -4.12. The largest absolute Gasteiger partial charge is 0.392 e. The molecule has 4 unspecified atom stereocenters.